The monoisotopic (exact) mass is 317 g/mol. The van der Waals surface area contributed by atoms with Crippen LogP contribution in [0.4, 0.5) is 0 Å². The summed E-state index contributed by atoms with van der Waals surface area (Å²) in [5.74, 6) is 1.07. The summed E-state index contributed by atoms with van der Waals surface area (Å²) in [6.45, 7) is 6.42. The number of fused-ring (bicyclic) bond motifs is 1. The summed E-state index contributed by atoms with van der Waals surface area (Å²) in [7, 11) is 0. The molecule has 7 nitrogen and oxygen atoms in total. The molecular formula is C16H23N5O2. The maximum Gasteiger partial charge on any atom is 0.224 e. The van der Waals surface area contributed by atoms with E-state index in [0.29, 0.717) is 44.7 Å². The average Bonchev–Trinajstić information content (AvgIpc) is 3.16. The molecule has 1 aliphatic rings. The SMILES string of the molecule is CC[C@H](O)c1cc2n(n1)CCN(C(=O)CCn1ccnc1C)C2. The first kappa shape index (κ1) is 15.7. The molecule has 0 fully saturated rings. The minimum absolute atomic E-state index is 0.142. The Balaban J connectivity index is 1.61. The van der Waals surface area contributed by atoms with Crippen molar-refractivity contribution in [1.82, 2.24) is 24.2 Å². The van der Waals surface area contributed by atoms with Gasteiger partial charge >= 0.3 is 0 Å². The number of carbonyl (C=O) groups excluding carboxylic acids is 1. The van der Waals surface area contributed by atoms with Gasteiger partial charge in [-0.25, -0.2) is 4.98 Å². The zero-order chi connectivity index (χ0) is 16.4. The molecule has 0 saturated carbocycles. The lowest BCUT2D eigenvalue weighted by Gasteiger charge is -2.27. The van der Waals surface area contributed by atoms with Crippen molar-refractivity contribution in [3.63, 3.8) is 0 Å². The van der Waals surface area contributed by atoms with Crippen molar-refractivity contribution in [1.29, 1.82) is 0 Å². The second kappa shape index (κ2) is 6.54. The van der Waals surface area contributed by atoms with Crippen LogP contribution in [0.1, 0.15) is 43.1 Å². The number of aryl methyl sites for hydroxylation is 2. The van der Waals surface area contributed by atoms with Crippen LogP contribution in [0.25, 0.3) is 0 Å². The quantitative estimate of drug-likeness (QED) is 0.901. The summed E-state index contributed by atoms with van der Waals surface area (Å²) >= 11 is 0. The van der Waals surface area contributed by atoms with Gasteiger partial charge in [0, 0.05) is 31.9 Å². The van der Waals surface area contributed by atoms with Crippen molar-refractivity contribution < 1.29 is 9.90 Å². The largest absolute Gasteiger partial charge is 0.387 e. The molecule has 3 heterocycles. The standard InChI is InChI=1S/C16H23N5O2/c1-3-15(22)14-10-13-11-20(8-9-21(13)18-14)16(23)4-6-19-7-5-17-12(19)2/h5,7,10,15,22H,3-4,6,8-9,11H2,1-2H3/t15-/m0/s1. The van der Waals surface area contributed by atoms with Gasteiger partial charge in [-0.3, -0.25) is 9.48 Å². The van der Waals surface area contributed by atoms with Crippen LogP contribution in [0.15, 0.2) is 18.5 Å². The fourth-order valence-corrected chi connectivity index (χ4v) is 2.89. The molecule has 0 unspecified atom stereocenters. The van der Waals surface area contributed by atoms with E-state index in [4.69, 9.17) is 0 Å². The van der Waals surface area contributed by atoms with Crippen LogP contribution in [0.5, 0.6) is 0 Å². The van der Waals surface area contributed by atoms with E-state index in [1.165, 1.54) is 0 Å². The molecule has 0 radical (unpaired) electrons. The summed E-state index contributed by atoms with van der Waals surface area (Å²) in [4.78, 5) is 18.5. The van der Waals surface area contributed by atoms with E-state index in [9.17, 15) is 9.90 Å². The van der Waals surface area contributed by atoms with Crippen molar-refractivity contribution in [3.8, 4) is 0 Å². The molecule has 2 aromatic heterocycles. The Labute approximate surface area is 135 Å². The smallest absolute Gasteiger partial charge is 0.224 e. The lowest BCUT2D eigenvalue weighted by molar-refractivity contribution is -0.132. The second-order valence-electron chi connectivity index (χ2n) is 5.94. The molecule has 1 atom stereocenters. The Kier molecular flexibility index (Phi) is 4.47. The fourth-order valence-electron chi connectivity index (χ4n) is 2.89. The maximum atomic E-state index is 12.4. The Morgan fingerprint density at radius 1 is 1.43 bits per heavy atom. The molecule has 1 amide bonds. The summed E-state index contributed by atoms with van der Waals surface area (Å²) in [6.07, 6.45) is 4.23. The first-order chi connectivity index (χ1) is 11.1. The van der Waals surface area contributed by atoms with E-state index in [1.807, 2.05) is 40.3 Å². The third-order valence-corrected chi connectivity index (χ3v) is 4.39. The van der Waals surface area contributed by atoms with Gasteiger partial charge in [0.2, 0.25) is 5.91 Å². The van der Waals surface area contributed by atoms with Gasteiger partial charge in [-0.1, -0.05) is 6.92 Å². The number of aliphatic hydroxyl groups is 1. The molecule has 3 rings (SSSR count). The molecule has 0 spiro atoms. The molecule has 7 heteroatoms. The summed E-state index contributed by atoms with van der Waals surface area (Å²) in [6, 6.07) is 1.91. The molecule has 23 heavy (non-hydrogen) atoms. The van der Waals surface area contributed by atoms with Crippen LogP contribution in [0, 0.1) is 6.92 Å². The van der Waals surface area contributed by atoms with Crippen LogP contribution in [-0.2, 0) is 24.4 Å². The summed E-state index contributed by atoms with van der Waals surface area (Å²) < 4.78 is 3.89. The summed E-state index contributed by atoms with van der Waals surface area (Å²) in [5.41, 5.74) is 1.69. The van der Waals surface area contributed by atoms with Crippen LogP contribution in [-0.4, -0.2) is 41.8 Å². The molecule has 0 aromatic carbocycles. The molecule has 0 saturated heterocycles. The van der Waals surface area contributed by atoms with E-state index in [0.717, 1.165) is 11.5 Å². The van der Waals surface area contributed by atoms with E-state index < -0.39 is 6.10 Å². The van der Waals surface area contributed by atoms with Gasteiger partial charge in [0.05, 0.1) is 30.6 Å². The zero-order valence-electron chi connectivity index (χ0n) is 13.6. The molecule has 0 bridgehead atoms. The Bertz CT molecular complexity index is 690. The predicted octanol–water partition coefficient (Wildman–Crippen LogP) is 1.26. The number of hydrogen-bond acceptors (Lipinski definition) is 4. The van der Waals surface area contributed by atoms with Crippen molar-refractivity contribution in [2.24, 2.45) is 0 Å². The number of aliphatic hydroxyl groups excluding tert-OH is 1. The number of rotatable bonds is 5. The van der Waals surface area contributed by atoms with Gasteiger partial charge in [-0.05, 0) is 19.4 Å². The normalized spacial score (nSPS) is 15.5. The molecule has 1 aliphatic heterocycles. The van der Waals surface area contributed by atoms with Crippen molar-refractivity contribution in [2.45, 2.75) is 52.4 Å². The van der Waals surface area contributed by atoms with Crippen LogP contribution in [0.3, 0.4) is 0 Å². The molecule has 1 N–H and O–H groups in total. The minimum atomic E-state index is -0.526. The van der Waals surface area contributed by atoms with Crippen LogP contribution < -0.4 is 0 Å². The van der Waals surface area contributed by atoms with Gasteiger partial charge in [0.25, 0.3) is 0 Å². The van der Waals surface area contributed by atoms with E-state index in [-0.39, 0.29) is 5.91 Å². The lowest BCUT2D eigenvalue weighted by atomic mass is 10.2. The average molecular weight is 317 g/mol. The van der Waals surface area contributed by atoms with E-state index in [1.54, 1.807) is 6.20 Å². The Morgan fingerprint density at radius 2 is 2.26 bits per heavy atom. The first-order valence-corrected chi connectivity index (χ1v) is 8.08. The van der Waals surface area contributed by atoms with Crippen molar-refractivity contribution >= 4 is 5.91 Å². The Morgan fingerprint density at radius 3 is 2.96 bits per heavy atom. The highest BCUT2D eigenvalue weighted by molar-refractivity contribution is 5.76. The molecule has 124 valence electrons. The van der Waals surface area contributed by atoms with Crippen molar-refractivity contribution in [3.05, 3.63) is 35.7 Å². The van der Waals surface area contributed by atoms with Gasteiger partial charge in [-0.15, -0.1) is 0 Å². The zero-order valence-corrected chi connectivity index (χ0v) is 13.6. The number of imidazole rings is 1. The number of carbonyl (C=O) groups is 1. The van der Waals surface area contributed by atoms with Gasteiger partial charge in [0.15, 0.2) is 0 Å². The Hall–Kier alpha value is -2.15. The van der Waals surface area contributed by atoms with Gasteiger partial charge in [-0.2, -0.15) is 5.10 Å². The van der Waals surface area contributed by atoms with Crippen LogP contribution >= 0.6 is 0 Å². The third-order valence-electron chi connectivity index (χ3n) is 4.39. The number of aromatic nitrogens is 4. The second-order valence-corrected chi connectivity index (χ2v) is 5.94. The van der Waals surface area contributed by atoms with Crippen LogP contribution in [0.2, 0.25) is 0 Å². The van der Waals surface area contributed by atoms with E-state index in [2.05, 4.69) is 10.1 Å². The molecule has 0 aliphatic carbocycles. The minimum Gasteiger partial charge on any atom is -0.387 e. The van der Waals surface area contributed by atoms with Crippen molar-refractivity contribution in [2.75, 3.05) is 6.54 Å². The topological polar surface area (TPSA) is 76.2 Å². The highest BCUT2D eigenvalue weighted by Gasteiger charge is 2.23. The van der Waals surface area contributed by atoms with Gasteiger partial charge < -0.3 is 14.6 Å². The number of hydrogen-bond donors (Lipinski definition) is 1. The lowest BCUT2D eigenvalue weighted by Crippen LogP contribution is -2.38. The highest BCUT2D eigenvalue weighted by atomic mass is 16.3. The summed E-state index contributed by atoms with van der Waals surface area (Å²) in [5, 5.41) is 14.3. The third kappa shape index (κ3) is 3.29. The fraction of sp³-hybridized carbons (Fsp3) is 0.562. The maximum absolute atomic E-state index is 12.4. The number of amides is 1. The van der Waals surface area contributed by atoms with E-state index >= 15 is 0 Å². The van der Waals surface area contributed by atoms with Gasteiger partial charge in [0.1, 0.15) is 5.82 Å². The number of nitrogens with zero attached hydrogens (tertiary/aromatic N) is 5. The molecule has 2 aromatic rings. The highest BCUT2D eigenvalue weighted by Crippen LogP contribution is 2.20. The first-order valence-electron chi connectivity index (χ1n) is 8.08. The predicted molar refractivity (Wildman–Crippen MR) is 84.5 cm³/mol. The molecular weight excluding hydrogens is 294 g/mol.